The van der Waals surface area contributed by atoms with Crippen LogP contribution in [0.25, 0.3) is 0 Å². The summed E-state index contributed by atoms with van der Waals surface area (Å²) < 4.78 is 18.8. The first kappa shape index (κ1) is 18.1. The summed E-state index contributed by atoms with van der Waals surface area (Å²) >= 11 is 0. The van der Waals surface area contributed by atoms with E-state index in [4.69, 9.17) is 4.74 Å². The van der Waals surface area contributed by atoms with Gasteiger partial charge in [0.1, 0.15) is 5.83 Å². The lowest BCUT2D eigenvalue weighted by Gasteiger charge is -2.44. The molecule has 1 saturated carbocycles. The Morgan fingerprint density at radius 2 is 2.00 bits per heavy atom. The minimum absolute atomic E-state index is 0.0349. The van der Waals surface area contributed by atoms with E-state index in [2.05, 4.69) is 18.8 Å². The highest BCUT2D eigenvalue weighted by molar-refractivity contribution is 5.30. The molecule has 3 heteroatoms. The number of nitrogens with one attached hydrogen (secondary N) is 1. The van der Waals surface area contributed by atoms with Gasteiger partial charge in [-0.15, -0.1) is 0 Å². The molecule has 2 nitrogen and oxygen atoms in total. The van der Waals surface area contributed by atoms with Crippen LogP contribution in [0.1, 0.15) is 52.4 Å². The Morgan fingerprint density at radius 3 is 2.48 bits per heavy atom. The van der Waals surface area contributed by atoms with Crippen LogP contribution in [-0.2, 0) is 4.74 Å². The lowest BCUT2D eigenvalue weighted by Crippen LogP contribution is -2.57. The molecule has 1 fully saturated rings. The molecule has 0 spiro atoms. The van der Waals surface area contributed by atoms with Gasteiger partial charge >= 0.3 is 0 Å². The molecule has 1 aliphatic rings. The third-order valence-corrected chi connectivity index (χ3v) is 4.30. The van der Waals surface area contributed by atoms with Crippen molar-refractivity contribution in [2.75, 3.05) is 13.7 Å². The van der Waals surface area contributed by atoms with Gasteiger partial charge in [-0.25, -0.2) is 4.39 Å². The van der Waals surface area contributed by atoms with E-state index in [0.29, 0.717) is 0 Å². The molecule has 1 rings (SSSR count). The van der Waals surface area contributed by atoms with Gasteiger partial charge in [0.05, 0.1) is 6.10 Å². The number of rotatable bonds is 8. The van der Waals surface area contributed by atoms with Gasteiger partial charge in [-0.2, -0.15) is 0 Å². The van der Waals surface area contributed by atoms with E-state index < -0.39 is 5.83 Å². The highest BCUT2D eigenvalue weighted by atomic mass is 19.1. The lowest BCUT2D eigenvalue weighted by molar-refractivity contribution is 0.0233. The quantitative estimate of drug-likeness (QED) is 0.656. The van der Waals surface area contributed by atoms with Gasteiger partial charge in [-0.3, -0.25) is 0 Å². The second kappa shape index (κ2) is 9.16. The van der Waals surface area contributed by atoms with E-state index >= 15 is 0 Å². The van der Waals surface area contributed by atoms with Crippen LogP contribution >= 0.6 is 0 Å². The molecule has 21 heavy (non-hydrogen) atoms. The van der Waals surface area contributed by atoms with Gasteiger partial charge in [0.25, 0.3) is 0 Å². The Hall–Kier alpha value is -0.930. The van der Waals surface area contributed by atoms with Crippen LogP contribution in [0.2, 0.25) is 0 Å². The summed E-state index contributed by atoms with van der Waals surface area (Å²) in [6.07, 6.45) is 12.2. The molecule has 0 aromatic heterocycles. The van der Waals surface area contributed by atoms with E-state index in [-0.39, 0.29) is 11.6 Å². The number of ether oxygens (including phenoxy) is 1. The van der Waals surface area contributed by atoms with Crippen LogP contribution in [0.5, 0.6) is 0 Å². The molecular formula is C18H30FNO. The minimum atomic E-state index is -0.427. The van der Waals surface area contributed by atoms with Gasteiger partial charge in [0.15, 0.2) is 0 Å². The Morgan fingerprint density at radius 1 is 1.33 bits per heavy atom. The molecule has 0 aliphatic heterocycles. The molecule has 1 aliphatic carbocycles. The zero-order valence-corrected chi connectivity index (χ0v) is 13.8. The van der Waals surface area contributed by atoms with E-state index in [9.17, 15) is 4.39 Å². The fraction of sp³-hybridized carbons (Fsp3) is 0.667. The van der Waals surface area contributed by atoms with Crippen molar-refractivity contribution >= 4 is 0 Å². The molecule has 0 heterocycles. The van der Waals surface area contributed by atoms with E-state index in [1.807, 2.05) is 13.0 Å². The fourth-order valence-corrected chi connectivity index (χ4v) is 3.29. The van der Waals surface area contributed by atoms with Crippen molar-refractivity contribution in [3.05, 3.63) is 36.2 Å². The summed E-state index contributed by atoms with van der Waals surface area (Å²) in [4.78, 5) is 0. The summed E-state index contributed by atoms with van der Waals surface area (Å²) in [5, 5.41) is 3.72. The second-order valence-electron chi connectivity index (χ2n) is 5.83. The van der Waals surface area contributed by atoms with Crippen molar-refractivity contribution in [2.45, 2.75) is 64.0 Å². The average Bonchev–Trinajstić information content (AvgIpc) is 2.50. The van der Waals surface area contributed by atoms with Gasteiger partial charge in [-0.1, -0.05) is 44.9 Å². The van der Waals surface area contributed by atoms with Crippen LogP contribution in [0, 0.1) is 0 Å². The zero-order valence-electron chi connectivity index (χ0n) is 13.8. The monoisotopic (exact) mass is 295 g/mol. The summed E-state index contributed by atoms with van der Waals surface area (Å²) in [7, 11) is 1.75. The van der Waals surface area contributed by atoms with Crippen molar-refractivity contribution in [3.8, 4) is 0 Å². The van der Waals surface area contributed by atoms with Crippen molar-refractivity contribution < 1.29 is 9.13 Å². The number of hydrogen-bond acceptors (Lipinski definition) is 2. The summed E-state index contributed by atoms with van der Waals surface area (Å²) in [6, 6.07) is 0. The molecule has 1 unspecified atom stereocenters. The Balaban J connectivity index is 3.01. The van der Waals surface area contributed by atoms with E-state index in [1.165, 1.54) is 25.3 Å². The first-order chi connectivity index (χ1) is 10.1. The standard InChI is InChI=1S/C18H30FNO/c1-5-14-20-18(12-8-7-9-13-18)17(21-4)16(6-2)11-10-15(3)19/h6,10-11,17,20H,3,5,7-9,12-14H2,1-2,4H3/b11-10-,16-6?. The molecular weight excluding hydrogens is 265 g/mol. The maximum Gasteiger partial charge on any atom is 0.116 e. The van der Waals surface area contributed by atoms with Gasteiger partial charge in [0, 0.05) is 12.6 Å². The summed E-state index contributed by atoms with van der Waals surface area (Å²) in [5.41, 5.74) is 0.981. The lowest BCUT2D eigenvalue weighted by atomic mass is 9.74. The molecule has 0 aromatic rings. The van der Waals surface area contributed by atoms with Crippen molar-refractivity contribution in [3.63, 3.8) is 0 Å². The zero-order chi connectivity index (χ0) is 15.7. The average molecular weight is 295 g/mol. The number of allylic oxidation sites excluding steroid dienone is 3. The van der Waals surface area contributed by atoms with Crippen molar-refractivity contribution in [1.82, 2.24) is 5.32 Å². The minimum Gasteiger partial charge on any atom is -0.375 e. The third-order valence-electron chi connectivity index (χ3n) is 4.30. The van der Waals surface area contributed by atoms with E-state index in [0.717, 1.165) is 31.4 Å². The van der Waals surface area contributed by atoms with Gasteiger partial charge in [-0.05, 0) is 44.4 Å². The first-order valence-corrected chi connectivity index (χ1v) is 8.06. The van der Waals surface area contributed by atoms with Gasteiger partial charge < -0.3 is 10.1 Å². The van der Waals surface area contributed by atoms with Crippen LogP contribution in [0.4, 0.5) is 4.39 Å². The van der Waals surface area contributed by atoms with Gasteiger partial charge in [0.2, 0.25) is 0 Å². The molecule has 1 N–H and O–H groups in total. The topological polar surface area (TPSA) is 21.3 Å². The molecule has 0 saturated heterocycles. The Labute approximate surface area is 129 Å². The Bertz CT molecular complexity index is 381. The second-order valence-corrected chi connectivity index (χ2v) is 5.83. The largest absolute Gasteiger partial charge is 0.375 e. The number of halogens is 1. The van der Waals surface area contributed by atoms with Crippen molar-refractivity contribution in [2.24, 2.45) is 0 Å². The predicted molar refractivity (Wildman–Crippen MR) is 88.1 cm³/mol. The maximum atomic E-state index is 12.9. The molecule has 1 atom stereocenters. The molecule has 0 bridgehead atoms. The van der Waals surface area contributed by atoms with Crippen LogP contribution in [0.3, 0.4) is 0 Å². The molecule has 120 valence electrons. The predicted octanol–water partition coefficient (Wildman–Crippen LogP) is 4.69. The summed E-state index contributed by atoms with van der Waals surface area (Å²) in [5.74, 6) is -0.427. The highest BCUT2D eigenvalue weighted by Gasteiger charge is 2.40. The normalized spacial score (nSPS) is 20.7. The molecule has 0 amide bonds. The number of hydrogen-bond donors (Lipinski definition) is 1. The molecule has 0 radical (unpaired) electrons. The van der Waals surface area contributed by atoms with Crippen LogP contribution in [-0.4, -0.2) is 25.3 Å². The Kier molecular flexibility index (Phi) is 7.91. The number of methoxy groups -OCH3 is 1. The maximum absolute atomic E-state index is 12.9. The highest BCUT2D eigenvalue weighted by Crippen LogP contribution is 2.36. The third kappa shape index (κ3) is 5.08. The van der Waals surface area contributed by atoms with Crippen LogP contribution < -0.4 is 5.32 Å². The SMILES string of the molecule is C=C(F)/C=C\C(=CC)C(OC)C1(NCCC)CCCCC1. The van der Waals surface area contributed by atoms with E-state index in [1.54, 1.807) is 13.2 Å². The van der Waals surface area contributed by atoms with Crippen molar-refractivity contribution in [1.29, 1.82) is 0 Å². The smallest absolute Gasteiger partial charge is 0.116 e. The first-order valence-electron chi connectivity index (χ1n) is 8.06. The summed E-state index contributed by atoms with van der Waals surface area (Å²) in [6.45, 7) is 8.42. The fourth-order valence-electron chi connectivity index (χ4n) is 3.29. The van der Waals surface area contributed by atoms with Crippen LogP contribution in [0.15, 0.2) is 36.2 Å². The molecule has 0 aromatic carbocycles.